The maximum absolute atomic E-state index is 11.8. The molecule has 1 N–H and O–H groups in total. The molecule has 0 bridgehead atoms. The molecular formula is C8H11F3N2S2. The SMILES string of the molecule is CC(CNCC(F)(F)F)Sc1nccs1. The molecule has 1 unspecified atom stereocenters. The van der Waals surface area contributed by atoms with E-state index in [1.807, 2.05) is 12.3 Å². The molecule has 1 atom stereocenters. The van der Waals surface area contributed by atoms with Gasteiger partial charge in [0.25, 0.3) is 0 Å². The standard InChI is InChI=1S/C8H11F3N2S2/c1-6(4-12-5-8(9,10)11)15-7-13-2-3-14-7/h2-3,6,12H,4-5H2,1H3. The predicted molar refractivity (Wildman–Crippen MR) is 56.4 cm³/mol. The van der Waals surface area contributed by atoms with E-state index in [2.05, 4.69) is 10.3 Å². The van der Waals surface area contributed by atoms with Gasteiger partial charge in [0.2, 0.25) is 0 Å². The molecule has 0 radical (unpaired) electrons. The van der Waals surface area contributed by atoms with Crippen molar-refractivity contribution in [2.45, 2.75) is 22.7 Å². The molecular weight excluding hydrogens is 245 g/mol. The van der Waals surface area contributed by atoms with E-state index in [4.69, 9.17) is 0 Å². The van der Waals surface area contributed by atoms with Crippen molar-refractivity contribution in [3.05, 3.63) is 11.6 Å². The number of halogens is 3. The van der Waals surface area contributed by atoms with Crippen molar-refractivity contribution in [1.82, 2.24) is 10.3 Å². The number of alkyl halides is 3. The summed E-state index contributed by atoms with van der Waals surface area (Å²) in [6, 6.07) is 0. The molecule has 1 heterocycles. The number of hydrogen-bond acceptors (Lipinski definition) is 4. The van der Waals surface area contributed by atoms with Crippen LogP contribution in [0.2, 0.25) is 0 Å². The number of thiazole rings is 1. The van der Waals surface area contributed by atoms with Gasteiger partial charge in [0.05, 0.1) is 6.54 Å². The lowest BCUT2D eigenvalue weighted by atomic mass is 10.4. The van der Waals surface area contributed by atoms with Gasteiger partial charge in [-0.25, -0.2) is 4.98 Å². The highest BCUT2D eigenvalue weighted by Gasteiger charge is 2.26. The van der Waals surface area contributed by atoms with Crippen molar-refractivity contribution in [1.29, 1.82) is 0 Å². The van der Waals surface area contributed by atoms with Gasteiger partial charge < -0.3 is 5.32 Å². The second-order valence-corrected chi connectivity index (χ2v) is 5.55. The van der Waals surface area contributed by atoms with Crippen LogP contribution in [-0.4, -0.2) is 29.5 Å². The third kappa shape index (κ3) is 6.01. The molecule has 1 aromatic rings. The molecule has 0 aliphatic heterocycles. The van der Waals surface area contributed by atoms with Crippen molar-refractivity contribution in [2.75, 3.05) is 13.1 Å². The second kappa shape index (κ2) is 5.72. The summed E-state index contributed by atoms with van der Waals surface area (Å²) in [4.78, 5) is 4.04. The third-order valence-electron chi connectivity index (χ3n) is 1.47. The topological polar surface area (TPSA) is 24.9 Å². The van der Waals surface area contributed by atoms with Gasteiger partial charge in [-0.2, -0.15) is 13.2 Å². The van der Waals surface area contributed by atoms with Crippen LogP contribution in [0.3, 0.4) is 0 Å². The lowest BCUT2D eigenvalue weighted by Gasteiger charge is -2.12. The number of nitrogens with one attached hydrogen (secondary N) is 1. The molecule has 0 aromatic carbocycles. The lowest BCUT2D eigenvalue weighted by molar-refractivity contribution is -0.124. The van der Waals surface area contributed by atoms with Crippen LogP contribution in [-0.2, 0) is 0 Å². The Hall–Kier alpha value is -0.270. The average molecular weight is 256 g/mol. The molecule has 0 aliphatic carbocycles. The molecule has 0 saturated heterocycles. The lowest BCUT2D eigenvalue weighted by Crippen LogP contribution is -2.32. The fraction of sp³-hybridized carbons (Fsp3) is 0.625. The Morgan fingerprint density at radius 2 is 2.33 bits per heavy atom. The zero-order chi connectivity index (χ0) is 11.3. The minimum Gasteiger partial charge on any atom is -0.308 e. The Morgan fingerprint density at radius 3 is 2.87 bits per heavy atom. The van der Waals surface area contributed by atoms with Crippen molar-refractivity contribution >= 4 is 23.1 Å². The third-order valence-corrected chi connectivity index (χ3v) is 3.49. The summed E-state index contributed by atoms with van der Waals surface area (Å²) in [5, 5.41) is 4.30. The summed E-state index contributed by atoms with van der Waals surface area (Å²) in [6.07, 6.45) is -2.45. The van der Waals surface area contributed by atoms with Gasteiger partial charge in [0, 0.05) is 23.4 Å². The van der Waals surface area contributed by atoms with Crippen molar-refractivity contribution in [3.8, 4) is 0 Å². The molecule has 1 aromatic heterocycles. The Balaban J connectivity index is 2.17. The highest BCUT2D eigenvalue weighted by Crippen LogP contribution is 2.24. The van der Waals surface area contributed by atoms with E-state index in [1.54, 1.807) is 6.20 Å². The van der Waals surface area contributed by atoms with E-state index in [0.29, 0.717) is 6.54 Å². The smallest absolute Gasteiger partial charge is 0.308 e. The van der Waals surface area contributed by atoms with Gasteiger partial charge >= 0.3 is 6.18 Å². The maximum Gasteiger partial charge on any atom is 0.401 e. The van der Waals surface area contributed by atoms with Crippen LogP contribution in [0, 0.1) is 0 Å². The average Bonchev–Trinajstić information content (AvgIpc) is 2.54. The molecule has 0 aliphatic rings. The van der Waals surface area contributed by atoms with Gasteiger partial charge in [-0.05, 0) is 0 Å². The molecule has 0 spiro atoms. The summed E-state index contributed by atoms with van der Waals surface area (Å²) in [5.74, 6) is 0. The van der Waals surface area contributed by atoms with Crippen LogP contribution in [0.25, 0.3) is 0 Å². The Kier molecular flexibility index (Phi) is 4.88. The monoisotopic (exact) mass is 256 g/mol. The van der Waals surface area contributed by atoms with Crippen LogP contribution >= 0.6 is 23.1 Å². The number of hydrogen-bond donors (Lipinski definition) is 1. The van der Waals surface area contributed by atoms with E-state index < -0.39 is 12.7 Å². The van der Waals surface area contributed by atoms with Crippen LogP contribution in [0.15, 0.2) is 15.9 Å². The summed E-state index contributed by atoms with van der Waals surface area (Å²) in [5.41, 5.74) is 0. The molecule has 1 rings (SSSR count). The van der Waals surface area contributed by atoms with Gasteiger partial charge in [-0.15, -0.1) is 11.3 Å². The van der Waals surface area contributed by atoms with Crippen molar-refractivity contribution in [2.24, 2.45) is 0 Å². The number of rotatable bonds is 5. The summed E-state index contributed by atoms with van der Waals surface area (Å²) in [7, 11) is 0. The predicted octanol–water partition coefficient (Wildman–Crippen LogP) is 2.78. The minimum absolute atomic E-state index is 0.0819. The first-order valence-corrected chi connectivity index (χ1v) is 6.07. The highest BCUT2D eigenvalue weighted by molar-refractivity contribution is 8.01. The largest absolute Gasteiger partial charge is 0.401 e. The van der Waals surface area contributed by atoms with Gasteiger partial charge in [0.1, 0.15) is 4.34 Å². The van der Waals surface area contributed by atoms with Crippen molar-refractivity contribution < 1.29 is 13.2 Å². The fourth-order valence-electron chi connectivity index (χ4n) is 0.899. The zero-order valence-electron chi connectivity index (χ0n) is 8.04. The Bertz CT molecular complexity index is 274. The van der Waals surface area contributed by atoms with Crippen LogP contribution in [0.5, 0.6) is 0 Å². The number of thioether (sulfide) groups is 1. The number of nitrogens with zero attached hydrogens (tertiary/aromatic N) is 1. The van der Waals surface area contributed by atoms with E-state index in [9.17, 15) is 13.2 Å². The van der Waals surface area contributed by atoms with E-state index in [1.165, 1.54) is 23.1 Å². The van der Waals surface area contributed by atoms with E-state index >= 15 is 0 Å². The van der Waals surface area contributed by atoms with Gasteiger partial charge in [-0.3, -0.25) is 0 Å². The Morgan fingerprint density at radius 1 is 1.60 bits per heavy atom. The van der Waals surface area contributed by atoms with Crippen LogP contribution in [0.4, 0.5) is 13.2 Å². The van der Waals surface area contributed by atoms with Gasteiger partial charge in [0.15, 0.2) is 0 Å². The minimum atomic E-state index is -4.13. The summed E-state index contributed by atoms with van der Waals surface area (Å²) in [6.45, 7) is 1.26. The molecule has 0 fully saturated rings. The molecule has 0 amide bonds. The van der Waals surface area contributed by atoms with Crippen LogP contribution < -0.4 is 5.32 Å². The van der Waals surface area contributed by atoms with Crippen LogP contribution in [0.1, 0.15) is 6.92 Å². The first-order chi connectivity index (χ1) is 6.97. The fourth-order valence-corrected chi connectivity index (χ4v) is 2.81. The quantitative estimate of drug-likeness (QED) is 0.820. The summed E-state index contributed by atoms with van der Waals surface area (Å²) >= 11 is 2.97. The van der Waals surface area contributed by atoms with E-state index in [0.717, 1.165) is 4.34 Å². The van der Waals surface area contributed by atoms with Gasteiger partial charge in [-0.1, -0.05) is 18.7 Å². The molecule has 86 valence electrons. The molecule has 2 nitrogen and oxygen atoms in total. The number of aromatic nitrogens is 1. The first-order valence-electron chi connectivity index (χ1n) is 4.31. The molecule has 0 saturated carbocycles. The Labute approximate surface area is 94.3 Å². The second-order valence-electron chi connectivity index (χ2n) is 2.97. The maximum atomic E-state index is 11.8. The molecule has 15 heavy (non-hydrogen) atoms. The molecule has 7 heteroatoms. The highest BCUT2D eigenvalue weighted by atomic mass is 32.2. The van der Waals surface area contributed by atoms with E-state index in [-0.39, 0.29) is 5.25 Å². The summed E-state index contributed by atoms with van der Waals surface area (Å²) < 4.78 is 36.3. The first kappa shape index (κ1) is 12.8. The van der Waals surface area contributed by atoms with Crippen molar-refractivity contribution in [3.63, 3.8) is 0 Å². The normalized spacial score (nSPS) is 14.1. The zero-order valence-corrected chi connectivity index (χ0v) is 9.68.